The van der Waals surface area contributed by atoms with Crippen LogP contribution in [0.2, 0.25) is 0 Å². The van der Waals surface area contributed by atoms with Gasteiger partial charge >= 0.3 is 0 Å². The van der Waals surface area contributed by atoms with E-state index in [1.807, 2.05) is 36.4 Å². The third-order valence-electron chi connectivity index (χ3n) is 7.20. The first-order valence-corrected chi connectivity index (χ1v) is 13.0. The fourth-order valence-electron chi connectivity index (χ4n) is 5.21. The molecule has 0 radical (unpaired) electrons. The molecule has 0 bridgehead atoms. The van der Waals surface area contributed by atoms with Crippen molar-refractivity contribution in [2.24, 2.45) is 11.8 Å². The van der Waals surface area contributed by atoms with Crippen molar-refractivity contribution >= 4 is 38.5 Å². The number of allylic oxidation sites excluding steroid dienone is 2. The van der Waals surface area contributed by atoms with Gasteiger partial charge in [-0.05, 0) is 42.7 Å². The molecule has 3 atom stereocenters. The average molecular weight is 482 g/mol. The first-order chi connectivity index (χ1) is 16.3. The quantitative estimate of drug-likeness (QED) is 0.492. The van der Waals surface area contributed by atoms with Gasteiger partial charge in [-0.25, -0.2) is 8.42 Å². The lowest BCUT2D eigenvalue weighted by Crippen LogP contribution is -2.56. The van der Waals surface area contributed by atoms with Crippen molar-refractivity contribution in [3.63, 3.8) is 0 Å². The molecule has 0 N–H and O–H groups in total. The number of hydrogen-bond donors (Lipinski definition) is 0. The van der Waals surface area contributed by atoms with Crippen molar-refractivity contribution < 1.29 is 22.8 Å². The molecule has 0 aromatic heterocycles. The Hall–Kier alpha value is -3.04. The molecule has 5 rings (SSSR count). The highest BCUT2D eigenvalue weighted by Gasteiger charge is 2.50. The lowest BCUT2D eigenvalue weighted by atomic mass is 9.85. The normalized spacial score (nSPS) is 24.5. The molecule has 2 heterocycles. The van der Waals surface area contributed by atoms with Crippen molar-refractivity contribution in [3.8, 4) is 0 Å². The molecule has 3 amide bonds. The van der Waals surface area contributed by atoms with Gasteiger partial charge in [-0.1, -0.05) is 42.5 Å². The van der Waals surface area contributed by atoms with Gasteiger partial charge in [0.15, 0.2) is 0 Å². The second kappa shape index (κ2) is 8.63. The highest BCUT2D eigenvalue weighted by atomic mass is 32.2. The van der Waals surface area contributed by atoms with Crippen LogP contribution in [0, 0.1) is 11.8 Å². The maximum atomic E-state index is 13.2. The van der Waals surface area contributed by atoms with Crippen LogP contribution in [-0.2, 0) is 24.4 Å². The van der Waals surface area contributed by atoms with E-state index >= 15 is 0 Å². The Labute approximate surface area is 198 Å². The van der Waals surface area contributed by atoms with Crippen LogP contribution in [-0.4, -0.2) is 72.5 Å². The van der Waals surface area contributed by atoms with Gasteiger partial charge in [-0.3, -0.25) is 19.3 Å². The van der Waals surface area contributed by atoms with Crippen LogP contribution in [0.1, 0.15) is 19.8 Å². The number of sulfonamides is 1. The fraction of sp³-hybridized carbons (Fsp3) is 0.400. The van der Waals surface area contributed by atoms with Crippen molar-refractivity contribution in [2.45, 2.75) is 30.7 Å². The molecule has 0 unspecified atom stereocenters. The smallest absolute Gasteiger partial charge is 0.245 e. The summed E-state index contributed by atoms with van der Waals surface area (Å²) in [5.74, 6) is -1.64. The van der Waals surface area contributed by atoms with Crippen molar-refractivity contribution in [1.82, 2.24) is 14.1 Å². The summed E-state index contributed by atoms with van der Waals surface area (Å²) >= 11 is 0. The molecule has 2 saturated heterocycles. The standard InChI is InChI=1S/C25H27N3O5S/c1-17(28-24(30)21-8-4-5-9-22(21)25(28)31)23(29)26-12-14-27(15-13-26)34(32,33)20-11-10-18-6-2-3-7-19(18)16-20/h2-7,10-11,16-17,21-22H,8-9,12-15H2,1H3/t17-,21-,22+/m0/s1. The molecule has 2 aromatic rings. The summed E-state index contributed by atoms with van der Waals surface area (Å²) in [7, 11) is -3.70. The molecule has 1 aliphatic carbocycles. The molecular weight excluding hydrogens is 454 g/mol. The molecule has 3 aliphatic rings. The number of imide groups is 1. The van der Waals surface area contributed by atoms with Gasteiger partial charge in [0.2, 0.25) is 27.7 Å². The molecule has 2 aliphatic heterocycles. The Morgan fingerprint density at radius 1 is 0.882 bits per heavy atom. The second-order valence-electron chi connectivity index (χ2n) is 9.12. The van der Waals surface area contributed by atoms with Gasteiger partial charge in [0, 0.05) is 26.2 Å². The Bertz CT molecular complexity index is 1270. The van der Waals surface area contributed by atoms with Gasteiger partial charge in [0.25, 0.3) is 0 Å². The monoisotopic (exact) mass is 481 g/mol. The summed E-state index contributed by atoms with van der Waals surface area (Å²) in [6.07, 6.45) is 4.88. The van der Waals surface area contributed by atoms with Crippen molar-refractivity contribution in [3.05, 3.63) is 54.6 Å². The minimum Gasteiger partial charge on any atom is -0.338 e. The maximum Gasteiger partial charge on any atom is 0.245 e. The number of likely N-dealkylation sites (tertiary alicyclic amines) is 1. The SMILES string of the molecule is C[C@@H](C(=O)N1CCN(S(=O)(=O)c2ccc3ccccc3c2)CC1)N1C(=O)[C@H]2CC=CC[C@H]2C1=O. The van der Waals surface area contributed by atoms with Crippen LogP contribution in [0.15, 0.2) is 59.5 Å². The number of piperazine rings is 1. The van der Waals surface area contributed by atoms with E-state index in [1.54, 1.807) is 30.0 Å². The number of carbonyl (C=O) groups is 3. The van der Waals surface area contributed by atoms with Crippen molar-refractivity contribution in [2.75, 3.05) is 26.2 Å². The average Bonchev–Trinajstić information content (AvgIpc) is 3.12. The lowest BCUT2D eigenvalue weighted by Gasteiger charge is -2.36. The lowest BCUT2D eigenvalue weighted by molar-refractivity contribution is -0.151. The van der Waals surface area contributed by atoms with Gasteiger partial charge in [-0.15, -0.1) is 0 Å². The van der Waals surface area contributed by atoms with Gasteiger partial charge < -0.3 is 4.90 Å². The first kappa shape index (κ1) is 22.7. The first-order valence-electron chi connectivity index (χ1n) is 11.6. The third kappa shape index (κ3) is 3.73. The summed E-state index contributed by atoms with van der Waals surface area (Å²) in [5, 5.41) is 1.81. The number of hydrogen-bond acceptors (Lipinski definition) is 5. The van der Waals surface area contributed by atoms with E-state index in [0.717, 1.165) is 15.7 Å². The van der Waals surface area contributed by atoms with E-state index in [1.165, 1.54) is 4.31 Å². The predicted octanol–water partition coefficient (Wildman–Crippen LogP) is 2.01. The van der Waals surface area contributed by atoms with Crippen molar-refractivity contribution in [1.29, 1.82) is 0 Å². The molecule has 178 valence electrons. The summed E-state index contributed by atoms with van der Waals surface area (Å²) in [6, 6.07) is 11.8. The molecule has 34 heavy (non-hydrogen) atoms. The Morgan fingerprint density at radius 2 is 1.47 bits per heavy atom. The maximum absolute atomic E-state index is 13.2. The second-order valence-corrected chi connectivity index (χ2v) is 11.1. The number of rotatable bonds is 4. The van der Waals surface area contributed by atoms with Crippen LogP contribution in [0.25, 0.3) is 10.8 Å². The van der Waals surface area contributed by atoms with E-state index in [-0.39, 0.29) is 60.6 Å². The zero-order valence-corrected chi connectivity index (χ0v) is 19.8. The minimum atomic E-state index is -3.70. The molecule has 0 saturated carbocycles. The molecule has 9 heteroatoms. The number of carbonyl (C=O) groups excluding carboxylic acids is 3. The van der Waals surface area contributed by atoms with E-state index < -0.39 is 16.1 Å². The van der Waals surface area contributed by atoms with Crippen LogP contribution in [0.4, 0.5) is 0 Å². The van der Waals surface area contributed by atoms with Crippen LogP contribution in [0.3, 0.4) is 0 Å². The zero-order chi connectivity index (χ0) is 24.0. The Balaban J connectivity index is 1.26. The molecule has 8 nitrogen and oxygen atoms in total. The Kier molecular flexibility index (Phi) is 5.77. The fourth-order valence-corrected chi connectivity index (χ4v) is 6.67. The highest BCUT2D eigenvalue weighted by Crippen LogP contribution is 2.36. The number of benzene rings is 2. The Morgan fingerprint density at radius 3 is 2.09 bits per heavy atom. The molecule has 0 spiro atoms. The van der Waals surface area contributed by atoms with Gasteiger partial charge in [-0.2, -0.15) is 4.31 Å². The third-order valence-corrected chi connectivity index (χ3v) is 9.09. The van der Waals surface area contributed by atoms with Crippen LogP contribution >= 0.6 is 0 Å². The topological polar surface area (TPSA) is 95.1 Å². The van der Waals surface area contributed by atoms with Crippen LogP contribution in [0.5, 0.6) is 0 Å². The summed E-state index contributed by atoms with van der Waals surface area (Å²) < 4.78 is 27.8. The largest absolute Gasteiger partial charge is 0.338 e. The minimum absolute atomic E-state index is 0.157. The van der Waals surface area contributed by atoms with Gasteiger partial charge in [0.05, 0.1) is 16.7 Å². The van der Waals surface area contributed by atoms with Crippen LogP contribution < -0.4 is 0 Å². The number of nitrogens with zero attached hydrogens (tertiary/aromatic N) is 3. The zero-order valence-electron chi connectivity index (χ0n) is 19.0. The summed E-state index contributed by atoms with van der Waals surface area (Å²) in [6.45, 7) is 2.32. The summed E-state index contributed by atoms with van der Waals surface area (Å²) in [4.78, 5) is 41.7. The molecule has 2 aromatic carbocycles. The molecule has 2 fully saturated rings. The number of fused-ring (bicyclic) bond motifs is 2. The summed E-state index contributed by atoms with van der Waals surface area (Å²) in [5.41, 5.74) is 0. The molecular formula is C25H27N3O5S. The van der Waals surface area contributed by atoms with E-state index in [4.69, 9.17) is 0 Å². The van der Waals surface area contributed by atoms with E-state index in [2.05, 4.69) is 0 Å². The van der Waals surface area contributed by atoms with E-state index in [9.17, 15) is 22.8 Å². The van der Waals surface area contributed by atoms with E-state index in [0.29, 0.717) is 12.8 Å². The predicted molar refractivity (Wildman–Crippen MR) is 126 cm³/mol. The van der Waals surface area contributed by atoms with Gasteiger partial charge in [0.1, 0.15) is 6.04 Å². The highest BCUT2D eigenvalue weighted by molar-refractivity contribution is 7.89. The number of amides is 3.